The lowest BCUT2D eigenvalue weighted by atomic mass is 9.91. The van der Waals surface area contributed by atoms with Gasteiger partial charge in [0.2, 0.25) is 0 Å². The van der Waals surface area contributed by atoms with Gasteiger partial charge in [-0.15, -0.1) is 0 Å². The number of hydrogen-bond acceptors (Lipinski definition) is 3. The Labute approximate surface area is 125 Å². The van der Waals surface area contributed by atoms with Gasteiger partial charge in [-0.2, -0.15) is 0 Å². The number of H-pyrrole nitrogens is 1. The molecular weight excluding hydrogens is 264 g/mol. The van der Waals surface area contributed by atoms with Crippen LogP contribution >= 0.6 is 0 Å². The third-order valence-electron chi connectivity index (χ3n) is 4.42. The summed E-state index contributed by atoms with van der Waals surface area (Å²) in [4.78, 5) is 3.61. The summed E-state index contributed by atoms with van der Waals surface area (Å²) < 4.78 is 10.5. The fraction of sp³-hybridized carbons (Fsp3) is 0.529. The number of hydrogen-bond donors (Lipinski definition) is 2. The molecule has 0 unspecified atom stereocenters. The molecule has 0 fully saturated rings. The number of nitrogens with one attached hydrogen (secondary N) is 2. The van der Waals surface area contributed by atoms with E-state index in [0.29, 0.717) is 12.6 Å². The van der Waals surface area contributed by atoms with Gasteiger partial charge in [-0.05, 0) is 43.9 Å². The Morgan fingerprint density at radius 2 is 2.14 bits per heavy atom. The van der Waals surface area contributed by atoms with E-state index in [1.54, 1.807) is 14.2 Å². The predicted octanol–water partition coefficient (Wildman–Crippen LogP) is 3.06. The molecule has 1 aliphatic rings. The molecule has 4 nitrogen and oxygen atoms in total. The van der Waals surface area contributed by atoms with E-state index in [0.717, 1.165) is 12.8 Å². The maximum atomic E-state index is 5.26. The molecule has 1 aliphatic carbocycles. The van der Waals surface area contributed by atoms with Gasteiger partial charge in [0.1, 0.15) is 0 Å². The Balaban J connectivity index is 1.86. The Hall–Kier alpha value is -1.36. The number of methoxy groups -OCH3 is 2. The van der Waals surface area contributed by atoms with E-state index in [-0.39, 0.29) is 6.29 Å². The first-order chi connectivity index (χ1) is 10.2. The van der Waals surface area contributed by atoms with Crippen LogP contribution in [0.25, 0.3) is 10.9 Å². The second-order valence-electron chi connectivity index (χ2n) is 5.82. The normalized spacial score (nSPS) is 18.4. The van der Waals surface area contributed by atoms with Gasteiger partial charge in [-0.25, -0.2) is 0 Å². The third kappa shape index (κ3) is 2.84. The second kappa shape index (κ2) is 6.18. The number of fused-ring (bicyclic) bond motifs is 3. The Bertz CT molecular complexity index is 617. The lowest BCUT2D eigenvalue weighted by Gasteiger charge is -2.25. The average molecular weight is 288 g/mol. The van der Waals surface area contributed by atoms with Gasteiger partial charge in [0.15, 0.2) is 6.29 Å². The van der Waals surface area contributed by atoms with Crippen LogP contribution in [0.1, 0.15) is 35.7 Å². The standard InChI is InChI=1S/C17H24N2O2/c1-11-7-8-14-13(9-11)12-5-4-6-15(17(12)19-14)18-10-16(20-2)21-3/h7-9,15-16,18-19H,4-6,10H2,1-3H3/t15-/m1/s1. The van der Waals surface area contributed by atoms with Crippen molar-refractivity contribution in [2.75, 3.05) is 20.8 Å². The quantitative estimate of drug-likeness (QED) is 0.831. The van der Waals surface area contributed by atoms with Crippen LogP contribution in [0.5, 0.6) is 0 Å². The van der Waals surface area contributed by atoms with Crippen LogP contribution in [0, 0.1) is 6.92 Å². The molecule has 2 aromatic rings. The first-order valence-corrected chi connectivity index (χ1v) is 7.63. The molecule has 21 heavy (non-hydrogen) atoms. The zero-order valence-corrected chi connectivity index (χ0v) is 13.0. The van der Waals surface area contributed by atoms with Crippen molar-refractivity contribution in [3.63, 3.8) is 0 Å². The molecule has 114 valence electrons. The highest BCUT2D eigenvalue weighted by molar-refractivity contribution is 5.85. The summed E-state index contributed by atoms with van der Waals surface area (Å²) in [6.07, 6.45) is 3.34. The van der Waals surface area contributed by atoms with Crippen molar-refractivity contribution >= 4 is 10.9 Å². The van der Waals surface area contributed by atoms with E-state index in [9.17, 15) is 0 Å². The molecule has 4 heteroatoms. The highest BCUT2D eigenvalue weighted by Gasteiger charge is 2.24. The molecule has 1 aromatic heterocycles. The fourth-order valence-electron chi connectivity index (χ4n) is 3.28. The van der Waals surface area contributed by atoms with Crippen LogP contribution in [0.4, 0.5) is 0 Å². The first kappa shape index (κ1) is 14.6. The van der Waals surface area contributed by atoms with Crippen molar-refractivity contribution in [3.05, 3.63) is 35.0 Å². The summed E-state index contributed by atoms with van der Waals surface area (Å²) in [6.45, 7) is 2.85. The predicted molar refractivity (Wildman–Crippen MR) is 84.5 cm³/mol. The van der Waals surface area contributed by atoms with Crippen molar-refractivity contribution < 1.29 is 9.47 Å². The summed E-state index contributed by atoms with van der Waals surface area (Å²) >= 11 is 0. The van der Waals surface area contributed by atoms with Gasteiger partial charge in [0, 0.05) is 43.4 Å². The molecular formula is C17H24N2O2. The summed E-state index contributed by atoms with van der Waals surface area (Å²) in [5, 5.41) is 4.96. The summed E-state index contributed by atoms with van der Waals surface area (Å²) in [5.41, 5.74) is 5.38. The third-order valence-corrected chi connectivity index (χ3v) is 4.42. The van der Waals surface area contributed by atoms with E-state index >= 15 is 0 Å². The molecule has 2 N–H and O–H groups in total. The van der Waals surface area contributed by atoms with E-state index in [2.05, 4.69) is 35.4 Å². The second-order valence-corrected chi connectivity index (χ2v) is 5.82. The van der Waals surface area contributed by atoms with Crippen molar-refractivity contribution in [1.82, 2.24) is 10.3 Å². The summed E-state index contributed by atoms with van der Waals surface area (Å²) in [7, 11) is 3.35. The van der Waals surface area contributed by atoms with E-state index in [1.807, 2.05) is 0 Å². The highest BCUT2D eigenvalue weighted by atomic mass is 16.7. The molecule has 3 rings (SSSR count). The summed E-state index contributed by atoms with van der Waals surface area (Å²) in [5.74, 6) is 0. The molecule has 0 spiro atoms. The van der Waals surface area contributed by atoms with E-state index in [4.69, 9.17) is 9.47 Å². The number of aryl methyl sites for hydroxylation is 2. The maximum absolute atomic E-state index is 5.26. The Morgan fingerprint density at radius 1 is 1.33 bits per heavy atom. The lowest BCUT2D eigenvalue weighted by molar-refractivity contribution is -0.100. The zero-order valence-electron chi connectivity index (χ0n) is 13.0. The number of ether oxygens (including phenoxy) is 2. The molecule has 1 aromatic carbocycles. The maximum Gasteiger partial charge on any atom is 0.169 e. The van der Waals surface area contributed by atoms with Gasteiger partial charge in [-0.3, -0.25) is 0 Å². The van der Waals surface area contributed by atoms with E-state index < -0.39 is 0 Å². The molecule has 0 bridgehead atoms. The van der Waals surface area contributed by atoms with Gasteiger partial charge < -0.3 is 19.8 Å². The SMILES string of the molecule is COC(CN[C@@H]1CCCc2c1[nH]c1ccc(C)cc21)OC. The van der Waals surface area contributed by atoms with Crippen LogP contribution in [0.2, 0.25) is 0 Å². The molecule has 0 saturated heterocycles. The van der Waals surface area contributed by atoms with Crippen LogP contribution in [0.3, 0.4) is 0 Å². The van der Waals surface area contributed by atoms with Gasteiger partial charge >= 0.3 is 0 Å². The molecule has 0 radical (unpaired) electrons. The molecule has 1 atom stereocenters. The highest BCUT2D eigenvalue weighted by Crippen LogP contribution is 2.35. The van der Waals surface area contributed by atoms with Crippen molar-refractivity contribution in [2.24, 2.45) is 0 Å². The number of rotatable bonds is 5. The van der Waals surface area contributed by atoms with Gasteiger partial charge in [0.25, 0.3) is 0 Å². The number of aromatic nitrogens is 1. The van der Waals surface area contributed by atoms with Crippen molar-refractivity contribution in [2.45, 2.75) is 38.5 Å². The minimum Gasteiger partial charge on any atom is -0.357 e. The first-order valence-electron chi connectivity index (χ1n) is 7.63. The average Bonchev–Trinajstić information content (AvgIpc) is 2.87. The summed E-state index contributed by atoms with van der Waals surface area (Å²) in [6, 6.07) is 7.00. The monoisotopic (exact) mass is 288 g/mol. The minimum atomic E-state index is -0.193. The lowest BCUT2D eigenvalue weighted by Crippen LogP contribution is -2.34. The molecule has 0 aliphatic heterocycles. The van der Waals surface area contributed by atoms with Gasteiger partial charge in [0.05, 0.1) is 0 Å². The Kier molecular flexibility index (Phi) is 4.29. The van der Waals surface area contributed by atoms with Crippen molar-refractivity contribution in [3.8, 4) is 0 Å². The fourth-order valence-corrected chi connectivity index (χ4v) is 3.28. The molecule has 0 saturated carbocycles. The van der Waals surface area contributed by atoms with E-state index in [1.165, 1.54) is 34.1 Å². The molecule has 0 amide bonds. The Morgan fingerprint density at radius 3 is 2.90 bits per heavy atom. The van der Waals surface area contributed by atoms with Crippen molar-refractivity contribution in [1.29, 1.82) is 0 Å². The van der Waals surface area contributed by atoms with Crippen LogP contribution in [-0.2, 0) is 15.9 Å². The smallest absolute Gasteiger partial charge is 0.169 e. The van der Waals surface area contributed by atoms with Crippen LogP contribution in [0.15, 0.2) is 18.2 Å². The topological polar surface area (TPSA) is 46.3 Å². The number of aromatic amines is 1. The minimum absolute atomic E-state index is 0.193. The largest absolute Gasteiger partial charge is 0.357 e. The van der Waals surface area contributed by atoms with Gasteiger partial charge in [-0.1, -0.05) is 11.6 Å². The van der Waals surface area contributed by atoms with Crippen LogP contribution in [-0.4, -0.2) is 32.0 Å². The zero-order chi connectivity index (χ0) is 14.8. The number of benzene rings is 1. The van der Waals surface area contributed by atoms with Crippen LogP contribution < -0.4 is 5.32 Å². The molecule has 1 heterocycles.